The third-order valence-corrected chi connectivity index (χ3v) is 2.63. The maximum Gasteiger partial charge on any atom is 0.208 e. The zero-order chi connectivity index (χ0) is 12.3. The molecule has 90 valence electrons. The maximum absolute atomic E-state index is 9.70. The van der Waals surface area contributed by atoms with Crippen LogP contribution in [0.4, 0.5) is 0 Å². The lowest BCUT2D eigenvalue weighted by Gasteiger charge is -2.14. The molecule has 1 heterocycles. The number of hydrogen-bond donors (Lipinski definition) is 2. The molecule has 4 nitrogen and oxygen atoms in total. The van der Waals surface area contributed by atoms with E-state index in [1.807, 2.05) is 32.0 Å². The Bertz CT molecular complexity index is 494. The van der Waals surface area contributed by atoms with Crippen molar-refractivity contribution in [3.8, 4) is 5.75 Å². The Balaban J connectivity index is 1.98. The number of para-hydroxylation sites is 1. The first-order chi connectivity index (χ1) is 8.16. The second kappa shape index (κ2) is 5.01. The molecule has 17 heavy (non-hydrogen) atoms. The van der Waals surface area contributed by atoms with Crippen LogP contribution in [0.1, 0.15) is 30.2 Å². The average Bonchev–Trinajstić information content (AvgIpc) is 2.73. The number of nitrogens with one attached hydrogen (secondary N) is 1. The van der Waals surface area contributed by atoms with Crippen LogP contribution < -0.4 is 5.32 Å². The summed E-state index contributed by atoms with van der Waals surface area (Å²) in [6, 6.07) is 7.34. The van der Waals surface area contributed by atoms with E-state index in [1.54, 1.807) is 12.3 Å². The fourth-order valence-corrected chi connectivity index (χ4v) is 1.69. The zero-order valence-electron chi connectivity index (χ0n) is 9.97. The number of phenols is 1. The van der Waals surface area contributed by atoms with Crippen LogP contribution in [0.25, 0.3) is 0 Å². The van der Waals surface area contributed by atoms with Gasteiger partial charge in [-0.15, -0.1) is 0 Å². The van der Waals surface area contributed by atoms with Crippen molar-refractivity contribution in [3.05, 3.63) is 47.7 Å². The number of nitrogens with zero attached hydrogens (tertiary/aromatic N) is 1. The summed E-state index contributed by atoms with van der Waals surface area (Å²) in [4.78, 5) is 4.11. The number of hydrogen-bond acceptors (Lipinski definition) is 4. The van der Waals surface area contributed by atoms with Crippen LogP contribution in [0.3, 0.4) is 0 Å². The van der Waals surface area contributed by atoms with Gasteiger partial charge in [0.25, 0.3) is 0 Å². The molecule has 1 aromatic carbocycles. The first kappa shape index (κ1) is 11.7. The Labute approximate surface area is 100 Å². The third kappa shape index (κ3) is 2.85. The summed E-state index contributed by atoms with van der Waals surface area (Å²) >= 11 is 0. The highest BCUT2D eigenvalue weighted by atomic mass is 16.4. The number of aromatic nitrogens is 1. The Kier molecular flexibility index (Phi) is 3.44. The van der Waals surface area contributed by atoms with E-state index in [0.717, 1.165) is 11.3 Å². The lowest BCUT2D eigenvalue weighted by atomic mass is 10.1. The molecule has 0 amide bonds. The van der Waals surface area contributed by atoms with Crippen molar-refractivity contribution in [1.82, 2.24) is 10.3 Å². The molecule has 0 fully saturated rings. The number of aryl methyl sites for hydroxylation is 1. The minimum atomic E-state index is 0.0448. The van der Waals surface area contributed by atoms with E-state index in [4.69, 9.17) is 4.42 Å². The highest BCUT2D eigenvalue weighted by Gasteiger charge is 2.10. The standard InChI is InChI=1S/C13H16N2O2/c1-9-7-15-13(17-9)8-14-10(2)11-5-3-4-6-12(11)16/h3-7,10,14,16H,8H2,1-2H3. The van der Waals surface area contributed by atoms with Gasteiger partial charge < -0.3 is 14.8 Å². The van der Waals surface area contributed by atoms with Crippen LogP contribution in [0, 0.1) is 6.92 Å². The van der Waals surface area contributed by atoms with Gasteiger partial charge in [0.1, 0.15) is 11.5 Å². The van der Waals surface area contributed by atoms with E-state index in [9.17, 15) is 5.11 Å². The summed E-state index contributed by atoms with van der Waals surface area (Å²) in [5.74, 6) is 1.76. The number of phenolic OH excluding ortho intramolecular Hbond substituents is 1. The second-order valence-corrected chi connectivity index (χ2v) is 4.03. The number of benzene rings is 1. The van der Waals surface area contributed by atoms with Crippen LogP contribution in [0.5, 0.6) is 5.75 Å². The Morgan fingerprint density at radius 1 is 1.41 bits per heavy atom. The molecule has 2 N–H and O–H groups in total. The summed E-state index contributed by atoms with van der Waals surface area (Å²) in [7, 11) is 0. The molecule has 0 saturated carbocycles. The molecule has 1 atom stereocenters. The average molecular weight is 232 g/mol. The van der Waals surface area contributed by atoms with Gasteiger partial charge in [-0.05, 0) is 19.9 Å². The highest BCUT2D eigenvalue weighted by Crippen LogP contribution is 2.23. The fraction of sp³-hybridized carbons (Fsp3) is 0.308. The van der Waals surface area contributed by atoms with E-state index < -0.39 is 0 Å². The molecule has 0 radical (unpaired) electrons. The maximum atomic E-state index is 9.70. The van der Waals surface area contributed by atoms with Crippen molar-refractivity contribution in [2.45, 2.75) is 26.4 Å². The fourth-order valence-electron chi connectivity index (χ4n) is 1.69. The molecule has 0 bridgehead atoms. The number of aromatic hydroxyl groups is 1. The molecule has 1 aromatic heterocycles. The minimum absolute atomic E-state index is 0.0448. The molecule has 4 heteroatoms. The smallest absolute Gasteiger partial charge is 0.208 e. The van der Waals surface area contributed by atoms with Crippen molar-refractivity contribution in [2.75, 3.05) is 0 Å². The molecular formula is C13H16N2O2. The quantitative estimate of drug-likeness (QED) is 0.850. The van der Waals surface area contributed by atoms with Crippen molar-refractivity contribution in [1.29, 1.82) is 0 Å². The van der Waals surface area contributed by atoms with Gasteiger partial charge >= 0.3 is 0 Å². The van der Waals surface area contributed by atoms with Gasteiger partial charge in [0.2, 0.25) is 5.89 Å². The summed E-state index contributed by atoms with van der Waals surface area (Å²) < 4.78 is 5.36. The first-order valence-corrected chi connectivity index (χ1v) is 5.59. The molecule has 2 rings (SSSR count). The van der Waals surface area contributed by atoms with E-state index in [-0.39, 0.29) is 6.04 Å². The van der Waals surface area contributed by atoms with Gasteiger partial charge in [-0.1, -0.05) is 18.2 Å². The molecule has 1 unspecified atom stereocenters. The van der Waals surface area contributed by atoms with E-state index >= 15 is 0 Å². The molecule has 0 aliphatic heterocycles. The van der Waals surface area contributed by atoms with E-state index in [1.165, 1.54) is 0 Å². The van der Waals surface area contributed by atoms with Crippen LogP contribution in [0.15, 0.2) is 34.9 Å². The van der Waals surface area contributed by atoms with Crippen LogP contribution >= 0.6 is 0 Å². The molecule has 0 spiro atoms. The van der Waals surface area contributed by atoms with Crippen LogP contribution in [0.2, 0.25) is 0 Å². The normalized spacial score (nSPS) is 12.6. The summed E-state index contributed by atoms with van der Waals surface area (Å²) in [6.45, 7) is 4.40. The number of rotatable bonds is 4. The van der Waals surface area contributed by atoms with Gasteiger partial charge in [-0.25, -0.2) is 4.98 Å². The zero-order valence-corrected chi connectivity index (χ0v) is 9.97. The van der Waals surface area contributed by atoms with Crippen molar-refractivity contribution >= 4 is 0 Å². The van der Waals surface area contributed by atoms with Crippen molar-refractivity contribution in [2.24, 2.45) is 0 Å². The molecular weight excluding hydrogens is 216 g/mol. The monoisotopic (exact) mass is 232 g/mol. The van der Waals surface area contributed by atoms with Gasteiger partial charge in [0, 0.05) is 11.6 Å². The highest BCUT2D eigenvalue weighted by molar-refractivity contribution is 5.34. The lowest BCUT2D eigenvalue weighted by molar-refractivity contribution is 0.420. The van der Waals surface area contributed by atoms with Gasteiger partial charge in [0.15, 0.2) is 0 Å². The largest absolute Gasteiger partial charge is 0.508 e. The molecule has 0 aliphatic carbocycles. The van der Waals surface area contributed by atoms with Crippen LogP contribution in [-0.4, -0.2) is 10.1 Å². The summed E-state index contributed by atoms with van der Waals surface area (Å²) in [6.07, 6.45) is 1.70. The summed E-state index contributed by atoms with van der Waals surface area (Å²) in [5, 5.41) is 13.0. The van der Waals surface area contributed by atoms with E-state index in [0.29, 0.717) is 18.2 Å². The topological polar surface area (TPSA) is 58.3 Å². The Morgan fingerprint density at radius 2 is 2.18 bits per heavy atom. The van der Waals surface area contributed by atoms with Crippen molar-refractivity contribution < 1.29 is 9.52 Å². The minimum Gasteiger partial charge on any atom is -0.508 e. The second-order valence-electron chi connectivity index (χ2n) is 4.03. The van der Waals surface area contributed by atoms with Gasteiger partial charge in [-0.3, -0.25) is 0 Å². The van der Waals surface area contributed by atoms with Gasteiger partial charge in [-0.2, -0.15) is 0 Å². The van der Waals surface area contributed by atoms with Crippen LogP contribution in [-0.2, 0) is 6.54 Å². The Morgan fingerprint density at radius 3 is 2.82 bits per heavy atom. The predicted molar refractivity (Wildman–Crippen MR) is 64.6 cm³/mol. The first-order valence-electron chi connectivity index (χ1n) is 5.59. The lowest BCUT2D eigenvalue weighted by Crippen LogP contribution is -2.18. The molecule has 2 aromatic rings. The summed E-state index contributed by atoms with van der Waals surface area (Å²) in [5.41, 5.74) is 0.871. The SMILES string of the molecule is Cc1cnc(CNC(C)c2ccccc2O)o1. The predicted octanol–water partition coefficient (Wildman–Crippen LogP) is 2.54. The Hall–Kier alpha value is -1.81. The van der Waals surface area contributed by atoms with Crippen molar-refractivity contribution in [3.63, 3.8) is 0 Å². The van der Waals surface area contributed by atoms with Gasteiger partial charge in [0.05, 0.1) is 12.7 Å². The third-order valence-electron chi connectivity index (χ3n) is 2.63. The molecule has 0 saturated heterocycles. The van der Waals surface area contributed by atoms with E-state index in [2.05, 4.69) is 10.3 Å². The number of oxazole rings is 1. The molecule has 0 aliphatic rings.